The fraction of sp³-hybridized carbons (Fsp3) is 0.231. The molecule has 0 bridgehead atoms. The number of aromatic nitrogens is 1. The summed E-state index contributed by atoms with van der Waals surface area (Å²) in [6, 6.07) is 7.80. The number of aliphatic carboxylic acids is 1. The molecular formula is C13H15N3O2. The predicted molar refractivity (Wildman–Crippen MR) is 72.2 cm³/mol. The van der Waals surface area contributed by atoms with E-state index in [0.29, 0.717) is 5.82 Å². The molecule has 2 N–H and O–H groups in total. The third-order valence-corrected chi connectivity index (χ3v) is 2.78. The number of nitrogens with one attached hydrogen (secondary N) is 1. The number of hydrogen-bond donors (Lipinski definition) is 2. The lowest BCUT2D eigenvalue weighted by Crippen LogP contribution is -2.26. The van der Waals surface area contributed by atoms with E-state index in [1.165, 1.54) is 0 Å². The molecule has 0 aliphatic rings. The second-order valence-electron chi connectivity index (χ2n) is 4.04. The number of anilines is 2. The van der Waals surface area contributed by atoms with Gasteiger partial charge >= 0.3 is 5.97 Å². The topological polar surface area (TPSA) is 65.5 Å². The molecular weight excluding hydrogens is 230 g/mol. The minimum Gasteiger partial charge on any atom is -0.480 e. The van der Waals surface area contributed by atoms with Gasteiger partial charge < -0.3 is 15.3 Å². The summed E-state index contributed by atoms with van der Waals surface area (Å²) in [5, 5.41) is 13.9. The number of benzene rings is 1. The van der Waals surface area contributed by atoms with Crippen molar-refractivity contribution < 1.29 is 9.90 Å². The van der Waals surface area contributed by atoms with Crippen molar-refractivity contribution in [1.29, 1.82) is 0 Å². The van der Waals surface area contributed by atoms with Crippen LogP contribution in [-0.2, 0) is 4.79 Å². The van der Waals surface area contributed by atoms with Crippen LogP contribution >= 0.6 is 0 Å². The van der Waals surface area contributed by atoms with Gasteiger partial charge in [-0.25, -0.2) is 4.98 Å². The zero-order valence-corrected chi connectivity index (χ0v) is 10.3. The molecule has 1 heterocycles. The van der Waals surface area contributed by atoms with Crippen molar-refractivity contribution in [3.63, 3.8) is 0 Å². The van der Waals surface area contributed by atoms with Gasteiger partial charge in [0, 0.05) is 24.9 Å². The van der Waals surface area contributed by atoms with Crippen LogP contribution < -0.4 is 10.2 Å². The first-order chi connectivity index (χ1) is 8.63. The fourth-order valence-electron chi connectivity index (χ4n) is 1.96. The monoisotopic (exact) mass is 245 g/mol. The van der Waals surface area contributed by atoms with Crippen LogP contribution in [0.3, 0.4) is 0 Å². The molecule has 5 nitrogen and oxygen atoms in total. The Hall–Kier alpha value is -2.30. The molecule has 0 radical (unpaired) electrons. The SMILES string of the molecule is CNc1cnc(N(C)CC(=O)O)c2ccccc12. The Balaban J connectivity index is 2.55. The van der Waals surface area contributed by atoms with Gasteiger partial charge in [0.1, 0.15) is 12.4 Å². The van der Waals surface area contributed by atoms with Crippen molar-refractivity contribution >= 4 is 28.2 Å². The average molecular weight is 245 g/mol. The van der Waals surface area contributed by atoms with E-state index in [1.807, 2.05) is 31.3 Å². The highest BCUT2D eigenvalue weighted by Gasteiger charge is 2.12. The van der Waals surface area contributed by atoms with Crippen molar-refractivity contribution in [3.05, 3.63) is 30.5 Å². The minimum atomic E-state index is -0.874. The predicted octanol–water partition coefficient (Wildman–Crippen LogP) is 1.80. The van der Waals surface area contributed by atoms with Crippen LogP contribution in [0.4, 0.5) is 11.5 Å². The maximum Gasteiger partial charge on any atom is 0.323 e. The molecule has 2 rings (SSSR count). The van der Waals surface area contributed by atoms with Crippen LogP contribution in [0.2, 0.25) is 0 Å². The highest BCUT2D eigenvalue weighted by Crippen LogP contribution is 2.29. The van der Waals surface area contributed by atoms with Crippen molar-refractivity contribution in [3.8, 4) is 0 Å². The Bertz CT molecular complexity index is 583. The van der Waals surface area contributed by atoms with E-state index in [1.54, 1.807) is 18.1 Å². The first kappa shape index (κ1) is 12.2. The molecule has 0 atom stereocenters. The molecule has 0 saturated heterocycles. The average Bonchev–Trinajstić information content (AvgIpc) is 2.36. The van der Waals surface area contributed by atoms with Gasteiger partial charge in [0.15, 0.2) is 0 Å². The molecule has 18 heavy (non-hydrogen) atoms. The standard InChI is InChI=1S/C13H15N3O2/c1-14-11-7-15-13(16(2)8-12(17)18)10-6-4-3-5-9(10)11/h3-7,14H,8H2,1-2H3,(H,17,18). The number of hydrogen-bond acceptors (Lipinski definition) is 4. The maximum atomic E-state index is 10.8. The summed E-state index contributed by atoms with van der Waals surface area (Å²) < 4.78 is 0. The van der Waals surface area contributed by atoms with Gasteiger partial charge in [-0.05, 0) is 0 Å². The number of carbonyl (C=O) groups is 1. The van der Waals surface area contributed by atoms with Crippen LogP contribution in [0.1, 0.15) is 0 Å². The minimum absolute atomic E-state index is 0.0735. The lowest BCUT2D eigenvalue weighted by Gasteiger charge is -2.18. The van der Waals surface area contributed by atoms with Crippen LogP contribution in [0.5, 0.6) is 0 Å². The van der Waals surface area contributed by atoms with Gasteiger partial charge in [0.2, 0.25) is 0 Å². The van der Waals surface area contributed by atoms with Gasteiger partial charge in [0.25, 0.3) is 0 Å². The van der Waals surface area contributed by atoms with Crippen molar-refractivity contribution in [2.24, 2.45) is 0 Å². The summed E-state index contributed by atoms with van der Waals surface area (Å²) >= 11 is 0. The van der Waals surface area contributed by atoms with Gasteiger partial charge in [-0.15, -0.1) is 0 Å². The van der Waals surface area contributed by atoms with E-state index >= 15 is 0 Å². The van der Waals surface area contributed by atoms with E-state index in [4.69, 9.17) is 5.11 Å². The summed E-state index contributed by atoms with van der Waals surface area (Å²) in [5.74, 6) is -0.201. The van der Waals surface area contributed by atoms with Crippen LogP contribution in [0, 0.1) is 0 Å². The molecule has 0 unspecified atom stereocenters. The number of rotatable bonds is 4. The molecule has 0 spiro atoms. The first-order valence-electron chi connectivity index (χ1n) is 5.62. The summed E-state index contributed by atoms with van der Waals surface area (Å²) in [6.07, 6.45) is 1.72. The summed E-state index contributed by atoms with van der Waals surface area (Å²) in [6.45, 7) is -0.0735. The van der Waals surface area contributed by atoms with Gasteiger partial charge in [-0.2, -0.15) is 0 Å². The molecule has 1 aromatic carbocycles. The third-order valence-electron chi connectivity index (χ3n) is 2.78. The molecule has 0 aliphatic carbocycles. The molecule has 0 fully saturated rings. The number of likely N-dealkylation sites (N-methyl/N-ethyl adjacent to an activating group) is 1. The highest BCUT2D eigenvalue weighted by molar-refractivity contribution is 6.00. The molecule has 5 heteroatoms. The van der Waals surface area contributed by atoms with E-state index in [-0.39, 0.29) is 6.54 Å². The molecule has 0 amide bonds. The van der Waals surface area contributed by atoms with Crippen molar-refractivity contribution in [1.82, 2.24) is 4.98 Å². The van der Waals surface area contributed by atoms with Crippen molar-refractivity contribution in [2.75, 3.05) is 30.9 Å². The number of fused-ring (bicyclic) bond motifs is 1. The molecule has 2 aromatic rings. The van der Waals surface area contributed by atoms with E-state index in [9.17, 15) is 4.79 Å². The first-order valence-corrected chi connectivity index (χ1v) is 5.62. The van der Waals surface area contributed by atoms with E-state index in [2.05, 4.69) is 10.3 Å². The van der Waals surface area contributed by atoms with Crippen LogP contribution in [0.25, 0.3) is 10.8 Å². The second kappa shape index (κ2) is 4.91. The van der Waals surface area contributed by atoms with Crippen molar-refractivity contribution in [2.45, 2.75) is 0 Å². The zero-order valence-electron chi connectivity index (χ0n) is 10.3. The van der Waals surface area contributed by atoms with Crippen LogP contribution in [-0.4, -0.2) is 36.7 Å². The Morgan fingerprint density at radius 1 is 1.39 bits per heavy atom. The maximum absolute atomic E-state index is 10.8. The lowest BCUT2D eigenvalue weighted by molar-refractivity contribution is -0.135. The molecule has 1 aromatic heterocycles. The summed E-state index contributed by atoms with van der Waals surface area (Å²) in [7, 11) is 3.56. The van der Waals surface area contributed by atoms with Gasteiger partial charge in [-0.1, -0.05) is 24.3 Å². The number of carboxylic acid groups (broad SMARTS) is 1. The molecule has 0 aliphatic heterocycles. The van der Waals surface area contributed by atoms with Gasteiger partial charge in [-0.3, -0.25) is 4.79 Å². The molecule has 0 saturated carbocycles. The fourth-order valence-corrected chi connectivity index (χ4v) is 1.96. The van der Waals surface area contributed by atoms with Gasteiger partial charge in [0.05, 0.1) is 11.9 Å². The summed E-state index contributed by atoms with van der Waals surface area (Å²) in [5.41, 5.74) is 0.929. The normalized spacial score (nSPS) is 10.3. The number of carboxylic acids is 1. The van der Waals surface area contributed by atoms with E-state index < -0.39 is 5.97 Å². The highest BCUT2D eigenvalue weighted by atomic mass is 16.4. The Morgan fingerprint density at radius 2 is 2.06 bits per heavy atom. The quantitative estimate of drug-likeness (QED) is 0.859. The lowest BCUT2D eigenvalue weighted by atomic mass is 10.1. The largest absolute Gasteiger partial charge is 0.480 e. The number of pyridine rings is 1. The Kier molecular flexibility index (Phi) is 3.32. The Labute approximate surface area is 105 Å². The number of nitrogens with zero attached hydrogens (tertiary/aromatic N) is 2. The second-order valence-corrected chi connectivity index (χ2v) is 4.04. The smallest absolute Gasteiger partial charge is 0.323 e. The van der Waals surface area contributed by atoms with E-state index in [0.717, 1.165) is 16.5 Å². The van der Waals surface area contributed by atoms with Crippen LogP contribution in [0.15, 0.2) is 30.5 Å². The third kappa shape index (κ3) is 2.20. The summed E-state index contributed by atoms with van der Waals surface area (Å²) in [4.78, 5) is 16.7. The zero-order chi connectivity index (χ0) is 13.1. The molecule has 94 valence electrons. The Morgan fingerprint density at radius 3 is 2.67 bits per heavy atom.